The first-order chi connectivity index (χ1) is 6.15. The Hall–Kier alpha value is -1.31. The van der Waals surface area contributed by atoms with Crippen LogP contribution in [0.2, 0.25) is 0 Å². The van der Waals surface area contributed by atoms with Gasteiger partial charge in [0.25, 0.3) is 0 Å². The van der Waals surface area contributed by atoms with E-state index in [1.165, 1.54) is 0 Å². The monoisotopic (exact) mass is 177 g/mol. The van der Waals surface area contributed by atoms with Gasteiger partial charge in [0.15, 0.2) is 5.78 Å². The molecule has 1 rings (SSSR count). The van der Waals surface area contributed by atoms with E-state index in [-0.39, 0.29) is 11.7 Å². The molecule has 0 aliphatic carbocycles. The molecule has 0 bridgehead atoms. The van der Waals surface area contributed by atoms with E-state index in [1.807, 2.05) is 45.2 Å². The van der Waals surface area contributed by atoms with E-state index in [4.69, 9.17) is 0 Å². The van der Waals surface area contributed by atoms with Crippen LogP contribution in [0.15, 0.2) is 24.3 Å². The van der Waals surface area contributed by atoms with Crippen LogP contribution in [-0.4, -0.2) is 12.8 Å². The van der Waals surface area contributed by atoms with Gasteiger partial charge in [0.1, 0.15) is 0 Å². The molecule has 0 saturated heterocycles. The second-order valence-electron chi connectivity index (χ2n) is 3.35. The Morgan fingerprint density at radius 3 is 2.62 bits per heavy atom. The molecule has 0 fully saturated rings. The van der Waals surface area contributed by atoms with Gasteiger partial charge in [0.05, 0.1) is 0 Å². The van der Waals surface area contributed by atoms with E-state index in [0.29, 0.717) is 0 Å². The van der Waals surface area contributed by atoms with Crippen molar-refractivity contribution in [3.63, 3.8) is 0 Å². The van der Waals surface area contributed by atoms with Crippen LogP contribution in [-0.2, 0) is 0 Å². The van der Waals surface area contributed by atoms with Crippen molar-refractivity contribution < 1.29 is 4.79 Å². The third-order valence-electron chi connectivity index (χ3n) is 1.96. The van der Waals surface area contributed by atoms with Gasteiger partial charge >= 0.3 is 0 Å². The molecular formula is C11H15NO. The maximum Gasteiger partial charge on any atom is 0.165 e. The number of benzene rings is 1. The molecule has 0 radical (unpaired) electrons. The molecule has 0 amide bonds. The summed E-state index contributed by atoms with van der Waals surface area (Å²) >= 11 is 0. The minimum Gasteiger partial charge on any atom is -0.388 e. The van der Waals surface area contributed by atoms with E-state index < -0.39 is 0 Å². The summed E-state index contributed by atoms with van der Waals surface area (Å²) in [5.74, 6) is 0.254. The summed E-state index contributed by atoms with van der Waals surface area (Å²) in [5, 5.41) is 3.01. The standard InChI is InChI=1S/C11H15NO/c1-8(2)11(13)9-5-4-6-10(7-9)12-3/h4-8,12H,1-3H3. The number of Topliss-reactive ketones (excluding diaryl/α,β-unsaturated/α-hetero) is 1. The van der Waals surface area contributed by atoms with Gasteiger partial charge in [-0.15, -0.1) is 0 Å². The Morgan fingerprint density at radius 2 is 2.08 bits per heavy atom. The van der Waals surface area contributed by atoms with Gasteiger partial charge in [-0.3, -0.25) is 4.79 Å². The minimum absolute atomic E-state index is 0.0621. The molecule has 1 aromatic carbocycles. The molecule has 1 N–H and O–H groups in total. The van der Waals surface area contributed by atoms with E-state index >= 15 is 0 Å². The first kappa shape index (κ1) is 9.78. The first-order valence-electron chi connectivity index (χ1n) is 4.47. The van der Waals surface area contributed by atoms with Crippen LogP contribution in [0.5, 0.6) is 0 Å². The van der Waals surface area contributed by atoms with Crippen LogP contribution in [0.4, 0.5) is 5.69 Å². The van der Waals surface area contributed by atoms with E-state index in [0.717, 1.165) is 11.3 Å². The number of ketones is 1. The molecule has 0 aliphatic heterocycles. The van der Waals surface area contributed by atoms with Crippen LogP contribution in [0.1, 0.15) is 24.2 Å². The van der Waals surface area contributed by atoms with E-state index in [2.05, 4.69) is 5.32 Å². The lowest BCUT2D eigenvalue weighted by atomic mass is 10.0. The Balaban J connectivity index is 2.95. The van der Waals surface area contributed by atoms with Crippen LogP contribution >= 0.6 is 0 Å². The number of carbonyl (C=O) groups is 1. The van der Waals surface area contributed by atoms with Crippen molar-refractivity contribution in [1.82, 2.24) is 0 Å². The largest absolute Gasteiger partial charge is 0.388 e. The molecule has 0 unspecified atom stereocenters. The van der Waals surface area contributed by atoms with Crippen LogP contribution in [0.25, 0.3) is 0 Å². The summed E-state index contributed by atoms with van der Waals surface area (Å²) in [6.45, 7) is 3.82. The van der Waals surface area contributed by atoms with Gasteiger partial charge in [-0.1, -0.05) is 26.0 Å². The van der Waals surface area contributed by atoms with Crippen molar-refractivity contribution in [2.24, 2.45) is 5.92 Å². The third-order valence-corrected chi connectivity index (χ3v) is 1.96. The van der Waals surface area contributed by atoms with Gasteiger partial charge in [-0.2, -0.15) is 0 Å². The first-order valence-corrected chi connectivity index (χ1v) is 4.47. The fourth-order valence-electron chi connectivity index (χ4n) is 1.16. The average molecular weight is 177 g/mol. The topological polar surface area (TPSA) is 29.1 Å². The van der Waals surface area contributed by atoms with Crippen molar-refractivity contribution in [3.8, 4) is 0 Å². The van der Waals surface area contributed by atoms with Crippen molar-refractivity contribution in [2.45, 2.75) is 13.8 Å². The van der Waals surface area contributed by atoms with Gasteiger partial charge in [-0.25, -0.2) is 0 Å². The second kappa shape index (κ2) is 4.08. The summed E-state index contributed by atoms with van der Waals surface area (Å²) < 4.78 is 0. The second-order valence-corrected chi connectivity index (χ2v) is 3.35. The fourth-order valence-corrected chi connectivity index (χ4v) is 1.16. The molecule has 70 valence electrons. The lowest BCUT2D eigenvalue weighted by Crippen LogP contribution is -2.07. The normalized spacial score (nSPS) is 10.2. The SMILES string of the molecule is CNc1cccc(C(=O)C(C)C)c1. The van der Waals surface area contributed by atoms with Crippen LogP contribution in [0, 0.1) is 5.92 Å². The maximum atomic E-state index is 11.6. The van der Waals surface area contributed by atoms with Gasteiger partial charge < -0.3 is 5.32 Å². The zero-order chi connectivity index (χ0) is 9.84. The minimum atomic E-state index is 0.0621. The van der Waals surface area contributed by atoms with Crippen molar-refractivity contribution in [3.05, 3.63) is 29.8 Å². The molecule has 1 aromatic rings. The zero-order valence-corrected chi connectivity index (χ0v) is 8.29. The lowest BCUT2D eigenvalue weighted by Gasteiger charge is -2.05. The van der Waals surface area contributed by atoms with E-state index in [9.17, 15) is 4.79 Å². The summed E-state index contributed by atoms with van der Waals surface area (Å²) in [5.41, 5.74) is 1.76. The molecule has 0 atom stereocenters. The Morgan fingerprint density at radius 1 is 1.38 bits per heavy atom. The smallest absolute Gasteiger partial charge is 0.165 e. The summed E-state index contributed by atoms with van der Waals surface area (Å²) in [4.78, 5) is 11.6. The molecule has 0 aromatic heterocycles. The molecule has 0 aliphatic rings. The van der Waals surface area contributed by atoms with Crippen molar-refractivity contribution >= 4 is 11.5 Å². The van der Waals surface area contributed by atoms with Gasteiger partial charge in [-0.05, 0) is 12.1 Å². The molecule has 0 spiro atoms. The fraction of sp³-hybridized carbons (Fsp3) is 0.364. The lowest BCUT2D eigenvalue weighted by molar-refractivity contribution is 0.0939. The van der Waals surface area contributed by atoms with Crippen molar-refractivity contribution in [1.29, 1.82) is 0 Å². The van der Waals surface area contributed by atoms with Crippen LogP contribution < -0.4 is 5.32 Å². The quantitative estimate of drug-likeness (QED) is 0.719. The average Bonchev–Trinajstić information content (AvgIpc) is 2.16. The highest BCUT2D eigenvalue weighted by Crippen LogP contribution is 2.13. The number of rotatable bonds is 3. The van der Waals surface area contributed by atoms with Gasteiger partial charge in [0, 0.05) is 24.2 Å². The maximum absolute atomic E-state index is 11.6. The van der Waals surface area contributed by atoms with Gasteiger partial charge in [0.2, 0.25) is 0 Å². The third kappa shape index (κ3) is 2.31. The predicted octanol–water partition coefficient (Wildman–Crippen LogP) is 2.57. The molecule has 2 heteroatoms. The molecule has 2 nitrogen and oxygen atoms in total. The number of hydrogen-bond donors (Lipinski definition) is 1. The highest BCUT2D eigenvalue weighted by Gasteiger charge is 2.09. The number of hydrogen-bond acceptors (Lipinski definition) is 2. The van der Waals surface area contributed by atoms with E-state index in [1.54, 1.807) is 0 Å². The number of carbonyl (C=O) groups excluding carboxylic acids is 1. The number of nitrogens with one attached hydrogen (secondary N) is 1. The van der Waals surface area contributed by atoms with Crippen molar-refractivity contribution in [2.75, 3.05) is 12.4 Å². The zero-order valence-electron chi connectivity index (χ0n) is 8.29. The molecular weight excluding hydrogens is 162 g/mol. The van der Waals surface area contributed by atoms with Crippen LogP contribution in [0.3, 0.4) is 0 Å². The molecule has 0 heterocycles. The summed E-state index contributed by atoms with van der Waals surface area (Å²) in [6, 6.07) is 7.56. The number of anilines is 1. The Kier molecular flexibility index (Phi) is 3.07. The highest BCUT2D eigenvalue weighted by molar-refractivity contribution is 5.98. The summed E-state index contributed by atoms with van der Waals surface area (Å²) in [7, 11) is 1.85. The summed E-state index contributed by atoms with van der Waals surface area (Å²) in [6.07, 6.45) is 0. The Labute approximate surface area is 79.0 Å². The molecule has 0 saturated carbocycles. The Bertz CT molecular complexity index is 305. The molecule has 13 heavy (non-hydrogen) atoms. The predicted molar refractivity (Wildman–Crippen MR) is 55.2 cm³/mol. The highest BCUT2D eigenvalue weighted by atomic mass is 16.1.